The van der Waals surface area contributed by atoms with Gasteiger partial charge in [0.25, 0.3) is 5.56 Å². The quantitative estimate of drug-likeness (QED) is 0.260. The summed E-state index contributed by atoms with van der Waals surface area (Å²) in [6, 6.07) is 7.30. The van der Waals surface area contributed by atoms with E-state index in [9.17, 15) is 4.79 Å². The SMILES string of the molecule is CCCc1nc2ccc(Br)cc2c(=O)n1N=Cc1cc(OC)c(O[C@@H](C)CC)c(Br)c1Br. The maximum Gasteiger partial charge on any atom is 0.282 e. The Labute approximate surface area is 212 Å². The van der Waals surface area contributed by atoms with Gasteiger partial charge in [-0.3, -0.25) is 4.79 Å². The van der Waals surface area contributed by atoms with Gasteiger partial charge >= 0.3 is 0 Å². The van der Waals surface area contributed by atoms with E-state index in [-0.39, 0.29) is 11.7 Å². The van der Waals surface area contributed by atoms with Gasteiger partial charge in [0.15, 0.2) is 11.5 Å². The highest BCUT2D eigenvalue weighted by atomic mass is 79.9. The van der Waals surface area contributed by atoms with Gasteiger partial charge in [-0.15, -0.1) is 0 Å². The minimum Gasteiger partial charge on any atom is -0.493 e. The lowest BCUT2D eigenvalue weighted by atomic mass is 10.2. The molecule has 9 heteroatoms. The molecule has 0 aliphatic carbocycles. The molecular formula is C23H24Br3N3O3. The van der Waals surface area contributed by atoms with E-state index < -0.39 is 0 Å². The second-order valence-corrected chi connectivity index (χ2v) is 9.76. The smallest absolute Gasteiger partial charge is 0.282 e. The Bertz CT molecular complexity index is 1220. The third-order valence-corrected chi connectivity index (χ3v) is 7.57. The van der Waals surface area contributed by atoms with Crippen LogP contribution in [0.4, 0.5) is 0 Å². The Balaban J connectivity index is 2.12. The lowest BCUT2D eigenvalue weighted by Crippen LogP contribution is -2.22. The molecule has 3 rings (SSSR count). The number of halogens is 3. The van der Waals surface area contributed by atoms with Gasteiger partial charge in [-0.1, -0.05) is 29.8 Å². The maximum absolute atomic E-state index is 13.2. The van der Waals surface area contributed by atoms with Crippen molar-refractivity contribution in [2.45, 2.75) is 46.1 Å². The summed E-state index contributed by atoms with van der Waals surface area (Å²) in [4.78, 5) is 17.9. The van der Waals surface area contributed by atoms with E-state index >= 15 is 0 Å². The van der Waals surface area contributed by atoms with Gasteiger partial charge in [-0.05, 0) is 75.9 Å². The first-order valence-electron chi connectivity index (χ1n) is 10.3. The molecule has 0 spiro atoms. The van der Waals surface area contributed by atoms with Crippen LogP contribution in [0.15, 0.2) is 47.6 Å². The van der Waals surface area contributed by atoms with E-state index in [2.05, 4.69) is 64.8 Å². The number of nitrogens with zero attached hydrogens (tertiary/aromatic N) is 3. The van der Waals surface area contributed by atoms with Crippen molar-refractivity contribution in [3.05, 3.63) is 59.4 Å². The molecule has 32 heavy (non-hydrogen) atoms. The summed E-state index contributed by atoms with van der Waals surface area (Å²) in [5.41, 5.74) is 1.18. The van der Waals surface area contributed by atoms with Crippen LogP contribution in [-0.2, 0) is 6.42 Å². The molecule has 0 amide bonds. The molecule has 6 nitrogen and oxygen atoms in total. The molecule has 2 aromatic carbocycles. The molecular weight excluding hydrogens is 606 g/mol. The second kappa shape index (κ2) is 10.9. The molecule has 1 atom stereocenters. The van der Waals surface area contributed by atoms with E-state index in [0.29, 0.717) is 34.6 Å². The van der Waals surface area contributed by atoms with Crippen LogP contribution >= 0.6 is 47.8 Å². The van der Waals surface area contributed by atoms with Gasteiger partial charge in [0.05, 0.1) is 34.8 Å². The maximum atomic E-state index is 13.2. The Hall–Kier alpha value is -1.71. The number of aromatic nitrogens is 2. The summed E-state index contributed by atoms with van der Waals surface area (Å²) in [6.07, 6.45) is 3.99. The highest BCUT2D eigenvalue weighted by Gasteiger charge is 2.18. The number of fused-ring (bicyclic) bond motifs is 1. The van der Waals surface area contributed by atoms with Crippen molar-refractivity contribution in [1.82, 2.24) is 9.66 Å². The van der Waals surface area contributed by atoms with Crippen LogP contribution < -0.4 is 15.0 Å². The molecule has 1 aromatic heterocycles. The number of methoxy groups -OCH3 is 1. The van der Waals surface area contributed by atoms with Gasteiger partial charge in [0.1, 0.15) is 5.82 Å². The van der Waals surface area contributed by atoms with Crippen molar-refractivity contribution in [1.29, 1.82) is 0 Å². The molecule has 170 valence electrons. The highest BCUT2D eigenvalue weighted by Crippen LogP contribution is 2.43. The molecule has 0 bridgehead atoms. The zero-order valence-electron chi connectivity index (χ0n) is 18.3. The Kier molecular flexibility index (Phi) is 8.52. The Morgan fingerprint density at radius 1 is 1.19 bits per heavy atom. The first kappa shape index (κ1) is 24.9. The molecule has 1 heterocycles. The first-order chi connectivity index (χ1) is 15.3. The fourth-order valence-electron chi connectivity index (χ4n) is 3.06. The van der Waals surface area contributed by atoms with Crippen molar-refractivity contribution < 1.29 is 9.47 Å². The lowest BCUT2D eigenvalue weighted by Gasteiger charge is -2.18. The van der Waals surface area contributed by atoms with E-state index in [1.807, 2.05) is 32.0 Å². The monoisotopic (exact) mass is 627 g/mol. The molecule has 0 N–H and O–H groups in total. The van der Waals surface area contributed by atoms with Crippen LogP contribution in [-0.4, -0.2) is 29.1 Å². The van der Waals surface area contributed by atoms with Crippen LogP contribution in [0.3, 0.4) is 0 Å². The Morgan fingerprint density at radius 3 is 2.59 bits per heavy atom. The van der Waals surface area contributed by atoms with Gasteiger partial charge in [-0.2, -0.15) is 9.78 Å². The van der Waals surface area contributed by atoms with E-state index in [0.717, 1.165) is 31.8 Å². The summed E-state index contributed by atoms with van der Waals surface area (Å²) >= 11 is 10.6. The standard InChI is InChI=1S/C23H24Br3N3O3/c1-5-7-19-28-17-9-8-15(24)11-16(17)23(30)29(19)27-12-14-10-18(31-4)22(21(26)20(14)25)32-13(3)6-2/h8-13H,5-7H2,1-4H3/t13-/m0/s1. The number of aryl methyl sites for hydroxylation is 1. The van der Waals surface area contributed by atoms with Crippen LogP contribution in [0.5, 0.6) is 11.5 Å². The average Bonchev–Trinajstić information content (AvgIpc) is 2.78. The molecule has 0 aliphatic rings. The number of hydrogen-bond donors (Lipinski definition) is 0. The Morgan fingerprint density at radius 2 is 1.94 bits per heavy atom. The predicted octanol–water partition coefficient (Wildman–Crippen LogP) is 6.70. The first-order valence-corrected chi connectivity index (χ1v) is 12.7. The second-order valence-electron chi connectivity index (χ2n) is 7.26. The molecule has 0 radical (unpaired) electrons. The molecule has 0 aliphatic heterocycles. The van der Waals surface area contributed by atoms with Gasteiger partial charge in [0.2, 0.25) is 0 Å². The van der Waals surface area contributed by atoms with Crippen LogP contribution in [0.25, 0.3) is 10.9 Å². The summed E-state index contributed by atoms with van der Waals surface area (Å²) in [5.74, 6) is 1.80. The fourth-order valence-corrected chi connectivity index (χ4v) is 4.34. The van der Waals surface area contributed by atoms with Crippen LogP contribution in [0.1, 0.15) is 45.0 Å². The third kappa shape index (κ3) is 5.26. The number of hydrogen-bond acceptors (Lipinski definition) is 5. The summed E-state index contributed by atoms with van der Waals surface area (Å²) in [7, 11) is 1.59. The minimum absolute atomic E-state index is 0.0322. The molecule has 3 aromatic rings. The number of benzene rings is 2. The van der Waals surface area contributed by atoms with Gasteiger partial charge < -0.3 is 9.47 Å². The molecule has 0 saturated heterocycles. The molecule has 0 unspecified atom stereocenters. The largest absolute Gasteiger partial charge is 0.493 e. The molecule has 0 saturated carbocycles. The number of rotatable bonds is 8. The third-order valence-electron chi connectivity index (χ3n) is 4.93. The van der Waals surface area contributed by atoms with Gasteiger partial charge in [0, 0.05) is 20.9 Å². The van der Waals surface area contributed by atoms with Crippen molar-refractivity contribution in [3.63, 3.8) is 0 Å². The lowest BCUT2D eigenvalue weighted by molar-refractivity contribution is 0.206. The van der Waals surface area contributed by atoms with E-state index in [1.54, 1.807) is 19.4 Å². The minimum atomic E-state index is -0.213. The average molecular weight is 630 g/mol. The highest BCUT2D eigenvalue weighted by molar-refractivity contribution is 9.13. The molecule has 0 fully saturated rings. The van der Waals surface area contributed by atoms with Crippen molar-refractivity contribution in [3.8, 4) is 11.5 Å². The van der Waals surface area contributed by atoms with Crippen LogP contribution in [0.2, 0.25) is 0 Å². The van der Waals surface area contributed by atoms with Crippen molar-refractivity contribution in [2.24, 2.45) is 5.10 Å². The zero-order valence-corrected chi connectivity index (χ0v) is 23.0. The summed E-state index contributed by atoms with van der Waals surface area (Å²) in [6.45, 7) is 6.10. The van der Waals surface area contributed by atoms with E-state index in [1.165, 1.54) is 4.68 Å². The van der Waals surface area contributed by atoms with Crippen LogP contribution in [0, 0.1) is 0 Å². The summed E-state index contributed by atoms with van der Waals surface area (Å²) in [5, 5.41) is 5.02. The van der Waals surface area contributed by atoms with E-state index in [4.69, 9.17) is 9.47 Å². The van der Waals surface area contributed by atoms with Crippen molar-refractivity contribution in [2.75, 3.05) is 7.11 Å². The van der Waals surface area contributed by atoms with Gasteiger partial charge in [-0.25, -0.2) is 4.98 Å². The zero-order chi connectivity index (χ0) is 23.4. The topological polar surface area (TPSA) is 65.7 Å². The fraction of sp³-hybridized carbons (Fsp3) is 0.348. The van der Waals surface area contributed by atoms with Crippen molar-refractivity contribution >= 4 is 64.9 Å². The summed E-state index contributed by atoms with van der Waals surface area (Å²) < 4.78 is 15.2. The number of ether oxygens (including phenoxy) is 2. The predicted molar refractivity (Wildman–Crippen MR) is 139 cm³/mol. The normalized spacial score (nSPS) is 12.5.